The molecule has 0 amide bonds. The van der Waals surface area contributed by atoms with Gasteiger partial charge in [-0.25, -0.2) is 0 Å². The number of piperidine rings is 1. The van der Waals surface area contributed by atoms with Crippen molar-refractivity contribution < 1.29 is 9.84 Å². The molecule has 2 N–H and O–H groups in total. The number of hydrogen-bond acceptors (Lipinski definition) is 3. The Labute approximate surface area is 108 Å². The van der Waals surface area contributed by atoms with Crippen LogP contribution in [0.5, 0.6) is 5.75 Å². The highest BCUT2D eigenvalue weighted by molar-refractivity contribution is 5.44. The highest BCUT2D eigenvalue weighted by atomic mass is 16.5. The van der Waals surface area contributed by atoms with E-state index in [0.29, 0.717) is 5.92 Å². The van der Waals surface area contributed by atoms with Crippen molar-refractivity contribution in [3.05, 3.63) is 29.3 Å². The van der Waals surface area contributed by atoms with Gasteiger partial charge in [0.25, 0.3) is 0 Å². The normalized spacial score (nSPS) is 25.1. The van der Waals surface area contributed by atoms with Crippen LogP contribution in [0.15, 0.2) is 18.2 Å². The lowest BCUT2D eigenvalue weighted by atomic mass is 9.87. The summed E-state index contributed by atoms with van der Waals surface area (Å²) in [5, 5.41) is 13.9. The number of fused-ring (bicyclic) bond motifs is 1. The van der Waals surface area contributed by atoms with Gasteiger partial charge in [-0.3, -0.25) is 0 Å². The maximum Gasteiger partial charge on any atom is 0.128 e. The molecule has 0 aromatic heterocycles. The zero-order chi connectivity index (χ0) is 12.4. The van der Waals surface area contributed by atoms with Gasteiger partial charge in [0, 0.05) is 18.0 Å². The Balaban J connectivity index is 1.86. The molecule has 3 heteroatoms. The van der Waals surface area contributed by atoms with Crippen LogP contribution < -0.4 is 10.1 Å². The molecule has 0 bridgehead atoms. The van der Waals surface area contributed by atoms with Gasteiger partial charge in [-0.1, -0.05) is 18.2 Å². The molecule has 2 heterocycles. The van der Waals surface area contributed by atoms with Gasteiger partial charge >= 0.3 is 0 Å². The number of nitrogens with one attached hydrogen (secondary N) is 1. The van der Waals surface area contributed by atoms with Crippen LogP contribution in [0.3, 0.4) is 0 Å². The minimum absolute atomic E-state index is 0.316. The first-order chi connectivity index (χ1) is 8.86. The Morgan fingerprint density at radius 2 is 2.28 bits per heavy atom. The van der Waals surface area contributed by atoms with Crippen LogP contribution >= 0.6 is 0 Å². The van der Waals surface area contributed by atoms with Crippen LogP contribution in [0, 0.1) is 5.92 Å². The molecule has 2 aliphatic rings. The van der Waals surface area contributed by atoms with Gasteiger partial charge in [-0.2, -0.15) is 0 Å². The lowest BCUT2D eigenvalue weighted by Crippen LogP contribution is -2.33. The maximum absolute atomic E-state index is 10.6. The first-order valence-electron chi connectivity index (χ1n) is 6.99. The quantitative estimate of drug-likeness (QED) is 0.840. The molecule has 0 aliphatic carbocycles. The molecule has 2 aliphatic heterocycles. The van der Waals surface area contributed by atoms with E-state index < -0.39 is 6.10 Å². The lowest BCUT2D eigenvalue weighted by molar-refractivity contribution is 0.0881. The second-order valence-electron chi connectivity index (χ2n) is 5.34. The lowest BCUT2D eigenvalue weighted by Gasteiger charge is -2.30. The predicted octanol–water partition coefficient (Wildman–Crippen LogP) is 2.04. The van der Waals surface area contributed by atoms with E-state index in [-0.39, 0.29) is 0 Å². The summed E-state index contributed by atoms with van der Waals surface area (Å²) in [6, 6.07) is 6.18. The van der Waals surface area contributed by atoms with E-state index in [4.69, 9.17) is 4.74 Å². The van der Waals surface area contributed by atoms with Crippen molar-refractivity contribution in [2.75, 3.05) is 19.7 Å². The molecular weight excluding hydrogens is 226 g/mol. The van der Waals surface area contributed by atoms with Gasteiger partial charge in [-0.15, -0.1) is 0 Å². The topological polar surface area (TPSA) is 41.5 Å². The summed E-state index contributed by atoms with van der Waals surface area (Å²) >= 11 is 0. The first kappa shape index (κ1) is 12.0. The zero-order valence-corrected chi connectivity index (χ0v) is 10.7. The van der Waals surface area contributed by atoms with Crippen molar-refractivity contribution in [2.24, 2.45) is 5.92 Å². The fourth-order valence-corrected chi connectivity index (χ4v) is 3.05. The van der Waals surface area contributed by atoms with Gasteiger partial charge < -0.3 is 15.2 Å². The Kier molecular flexibility index (Phi) is 3.52. The predicted molar refractivity (Wildman–Crippen MR) is 70.8 cm³/mol. The molecule has 1 aromatic carbocycles. The molecule has 98 valence electrons. The monoisotopic (exact) mass is 247 g/mol. The number of benzene rings is 1. The molecule has 2 unspecified atom stereocenters. The Morgan fingerprint density at radius 1 is 1.33 bits per heavy atom. The van der Waals surface area contributed by atoms with Crippen LogP contribution in [0.1, 0.15) is 36.5 Å². The third-order valence-electron chi connectivity index (χ3n) is 4.06. The van der Waals surface area contributed by atoms with Crippen LogP contribution in [-0.2, 0) is 6.42 Å². The SMILES string of the molecule is OC(c1cccc2c1OCCC2)C1CCCNC1. The Morgan fingerprint density at radius 3 is 3.11 bits per heavy atom. The molecule has 1 saturated heterocycles. The zero-order valence-electron chi connectivity index (χ0n) is 10.7. The van der Waals surface area contributed by atoms with E-state index in [1.165, 1.54) is 5.56 Å². The van der Waals surface area contributed by atoms with Crippen LogP contribution in [0.4, 0.5) is 0 Å². The molecule has 0 radical (unpaired) electrons. The van der Waals surface area contributed by atoms with Crippen molar-refractivity contribution in [1.82, 2.24) is 5.32 Å². The second-order valence-corrected chi connectivity index (χ2v) is 5.34. The fourth-order valence-electron chi connectivity index (χ4n) is 3.05. The molecule has 2 atom stereocenters. The van der Waals surface area contributed by atoms with E-state index in [0.717, 1.165) is 56.7 Å². The van der Waals surface area contributed by atoms with Crippen molar-refractivity contribution in [2.45, 2.75) is 31.8 Å². The van der Waals surface area contributed by atoms with E-state index in [9.17, 15) is 5.11 Å². The number of aliphatic hydroxyl groups excluding tert-OH is 1. The van der Waals surface area contributed by atoms with Crippen molar-refractivity contribution in [1.29, 1.82) is 0 Å². The van der Waals surface area contributed by atoms with E-state index in [2.05, 4.69) is 11.4 Å². The van der Waals surface area contributed by atoms with Crippen molar-refractivity contribution in [3.8, 4) is 5.75 Å². The molecule has 3 rings (SSSR count). The largest absolute Gasteiger partial charge is 0.493 e. The summed E-state index contributed by atoms with van der Waals surface area (Å²) in [5.74, 6) is 1.26. The average Bonchev–Trinajstić information content (AvgIpc) is 2.47. The standard InChI is InChI=1S/C15H21NO2/c17-14(12-5-2-8-16-10-12)13-7-1-4-11-6-3-9-18-15(11)13/h1,4,7,12,14,16-17H,2-3,5-6,8-10H2. The number of rotatable bonds is 2. The Bertz CT molecular complexity index is 413. The van der Waals surface area contributed by atoms with E-state index in [1.54, 1.807) is 0 Å². The summed E-state index contributed by atoms with van der Waals surface area (Å²) in [6.45, 7) is 2.76. The molecule has 18 heavy (non-hydrogen) atoms. The highest BCUT2D eigenvalue weighted by Gasteiger charge is 2.27. The number of para-hydroxylation sites is 1. The minimum Gasteiger partial charge on any atom is -0.493 e. The number of hydrogen-bond donors (Lipinski definition) is 2. The molecule has 0 saturated carbocycles. The third-order valence-corrected chi connectivity index (χ3v) is 4.06. The van der Waals surface area contributed by atoms with Crippen LogP contribution in [0.2, 0.25) is 0 Å². The van der Waals surface area contributed by atoms with Crippen molar-refractivity contribution in [3.63, 3.8) is 0 Å². The summed E-state index contributed by atoms with van der Waals surface area (Å²) in [7, 11) is 0. The number of aliphatic hydroxyl groups is 1. The first-order valence-corrected chi connectivity index (χ1v) is 6.99. The fraction of sp³-hybridized carbons (Fsp3) is 0.600. The number of aryl methyl sites for hydroxylation is 1. The van der Waals surface area contributed by atoms with Crippen molar-refractivity contribution >= 4 is 0 Å². The van der Waals surface area contributed by atoms with Crippen LogP contribution in [0.25, 0.3) is 0 Å². The molecule has 1 aromatic rings. The summed E-state index contributed by atoms with van der Waals surface area (Å²) in [6.07, 6.45) is 4.00. The van der Waals surface area contributed by atoms with E-state index >= 15 is 0 Å². The summed E-state index contributed by atoms with van der Waals surface area (Å²) in [5.41, 5.74) is 2.24. The van der Waals surface area contributed by atoms with Gasteiger partial charge in [-0.05, 0) is 37.8 Å². The third kappa shape index (κ3) is 2.25. The minimum atomic E-state index is -0.397. The summed E-state index contributed by atoms with van der Waals surface area (Å²) in [4.78, 5) is 0. The summed E-state index contributed by atoms with van der Waals surface area (Å²) < 4.78 is 5.79. The maximum atomic E-state index is 10.6. The molecule has 0 spiro atoms. The van der Waals surface area contributed by atoms with Gasteiger partial charge in [0.2, 0.25) is 0 Å². The van der Waals surface area contributed by atoms with E-state index in [1.807, 2.05) is 12.1 Å². The second kappa shape index (κ2) is 5.29. The molecule has 1 fully saturated rings. The average molecular weight is 247 g/mol. The van der Waals surface area contributed by atoms with Gasteiger partial charge in [0.1, 0.15) is 5.75 Å². The number of ether oxygens (including phenoxy) is 1. The Hall–Kier alpha value is -1.06. The smallest absolute Gasteiger partial charge is 0.128 e. The molecule has 3 nitrogen and oxygen atoms in total. The van der Waals surface area contributed by atoms with Gasteiger partial charge in [0.05, 0.1) is 12.7 Å². The molecular formula is C15H21NO2. The van der Waals surface area contributed by atoms with Gasteiger partial charge in [0.15, 0.2) is 0 Å². The highest BCUT2D eigenvalue weighted by Crippen LogP contribution is 2.37. The van der Waals surface area contributed by atoms with Crippen LogP contribution in [-0.4, -0.2) is 24.8 Å².